The van der Waals surface area contributed by atoms with Gasteiger partial charge in [0.25, 0.3) is 0 Å². The summed E-state index contributed by atoms with van der Waals surface area (Å²) in [6.45, 7) is 8.02. The molecule has 19 rings (SSSR count). The van der Waals surface area contributed by atoms with E-state index in [1.54, 1.807) is 63.0 Å². The maximum absolute atomic E-state index is 12.0. The van der Waals surface area contributed by atoms with E-state index < -0.39 is 0 Å². The first-order valence-corrected chi connectivity index (χ1v) is 42.4. The van der Waals surface area contributed by atoms with Gasteiger partial charge in [-0.15, -0.1) is 0 Å². The molecular weight excluding hydrogens is 1620 g/mol. The van der Waals surface area contributed by atoms with E-state index in [0.717, 1.165) is 180 Å². The standard InChI is InChI=1S/C24H26N8O.C23H26N8O.C23H24N8O.C23H25N7O/c1-30-15-19(12-27-30)17-5-3-6-18(11-17)23-26-14-21(20-13-28-31(2)16-20)24(29-23)25-8-10-32-9-4-7-22(32)33;1-30-14-18(9-27-30)16-4-3-5-17(8-16)22-26-13-21(19-10-28-31(2)15-19)23(29-22)25-12-20-11-24-6-7-32-20;1-30-13-17(9-26-30)15-4-3-5-16(8-15)22-25-12-20(18-10-27-31(2)14-18)23(29-22)28-19-6-7-21(32)24-11-19;1-16(31)6-5-9-24-23-21(20-12-27-30(3)15-20)13-25-22(28-23)18-8-4-7-17(10-18)19-11-26-29(2)14-19/h3,5-6,11-16H,4,7-10H2,1-2H3,(H,25,26,29);3-5,8-10,13-15,20,24H,6-7,11-12H2,1-2H3,(H,25,26,29);3-5,8-10,12-14,19H,6-7,11H2,1-2H3,(H,24,32)(H,25,28,29);4,7-8,10-15H,5-6,9H2,1-3H3,(H,24,25,28)/t;;19-;/m..0./s1. The number of nitrogens with zero attached hydrogens (tertiary/aromatic N) is 25. The number of piperidine rings is 1. The molecular formula is C93H101N31O4. The van der Waals surface area contributed by atoms with Crippen LogP contribution in [0.4, 0.5) is 23.3 Å². The number of ketones is 1. The van der Waals surface area contributed by atoms with Gasteiger partial charge in [-0.1, -0.05) is 72.8 Å². The number of amides is 2. The maximum Gasteiger partial charge on any atom is 0.222 e. The summed E-state index contributed by atoms with van der Waals surface area (Å²) < 4.78 is 20.0. The highest BCUT2D eigenvalue weighted by Crippen LogP contribution is 2.36. The molecule has 0 spiro atoms. The summed E-state index contributed by atoms with van der Waals surface area (Å²) in [7, 11) is 15.2. The molecule has 16 aromatic rings. The number of aromatic nitrogens is 24. The average Bonchev–Trinajstić information content (AvgIpc) is 0.944. The molecule has 0 aliphatic carbocycles. The Morgan fingerprint density at radius 1 is 0.414 bits per heavy atom. The van der Waals surface area contributed by atoms with Crippen molar-refractivity contribution in [2.24, 2.45) is 56.4 Å². The third-order valence-electron chi connectivity index (χ3n) is 21.8. The molecule has 15 heterocycles. The second-order valence-corrected chi connectivity index (χ2v) is 31.8. The van der Waals surface area contributed by atoms with Gasteiger partial charge in [-0.25, -0.2) is 39.9 Å². The van der Waals surface area contributed by atoms with E-state index in [9.17, 15) is 14.4 Å². The number of morpholine rings is 1. The molecule has 35 nitrogen and oxygen atoms in total. The quantitative estimate of drug-likeness (QED) is 0.0274. The summed E-state index contributed by atoms with van der Waals surface area (Å²) in [5, 5.41) is 54.3. The number of carbonyl (C=O) groups excluding carboxylic acids is 3. The first-order chi connectivity index (χ1) is 62.3. The lowest BCUT2D eigenvalue weighted by atomic mass is 10.0. The molecule has 3 aliphatic heterocycles. The molecule has 6 N–H and O–H groups in total. The van der Waals surface area contributed by atoms with Crippen molar-refractivity contribution in [3.05, 3.63) is 221 Å². The number of nitrogens with one attached hydrogen (secondary N) is 6. The van der Waals surface area contributed by atoms with Crippen LogP contribution in [0.2, 0.25) is 0 Å². The van der Waals surface area contributed by atoms with Crippen LogP contribution >= 0.6 is 0 Å². The van der Waals surface area contributed by atoms with Crippen LogP contribution in [0.1, 0.15) is 45.4 Å². The molecule has 4 aromatic carbocycles. The number of Topliss-reactive ketones (excluding diaryl/α,β-unsaturated/α-hetero) is 1. The fourth-order valence-corrected chi connectivity index (χ4v) is 15.1. The number of ether oxygens (including phenoxy) is 1. The molecule has 12 aromatic heterocycles. The number of rotatable bonds is 26. The molecule has 0 saturated carbocycles. The summed E-state index contributed by atoms with van der Waals surface area (Å²) in [6.07, 6.45) is 41.9. The van der Waals surface area contributed by atoms with Gasteiger partial charge in [-0.2, -0.15) is 40.8 Å². The minimum absolute atomic E-state index is 0.0890. The first-order valence-electron chi connectivity index (χ1n) is 42.4. The van der Waals surface area contributed by atoms with Crippen molar-refractivity contribution in [1.29, 1.82) is 0 Å². The number of anilines is 4. The Kier molecular flexibility index (Phi) is 27.0. The summed E-state index contributed by atoms with van der Waals surface area (Å²) in [6, 6.07) is 32.7. The van der Waals surface area contributed by atoms with Crippen molar-refractivity contribution in [2.45, 2.75) is 57.6 Å². The largest absolute Gasteiger partial charge is 0.374 e. The number of carbonyl (C=O) groups is 3. The minimum Gasteiger partial charge on any atom is -0.374 e. The zero-order valence-corrected chi connectivity index (χ0v) is 72.9. The van der Waals surface area contributed by atoms with Crippen LogP contribution in [-0.4, -0.2) is 212 Å². The van der Waals surface area contributed by atoms with Gasteiger partial charge in [0.2, 0.25) is 11.8 Å². The average molecular weight is 1720 g/mol. The van der Waals surface area contributed by atoms with E-state index in [1.165, 1.54) is 0 Å². The molecule has 35 heteroatoms. The third kappa shape index (κ3) is 21.9. The van der Waals surface area contributed by atoms with Crippen molar-refractivity contribution in [2.75, 3.05) is 80.2 Å². The second-order valence-electron chi connectivity index (χ2n) is 31.8. The molecule has 2 amide bonds. The highest BCUT2D eigenvalue weighted by Gasteiger charge is 2.25. The molecule has 1 unspecified atom stereocenters. The van der Waals surface area contributed by atoms with Crippen molar-refractivity contribution in [1.82, 2.24) is 134 Å². The monoisotopic (exact) mass is 1720 g/mol. The van der Waals surface area contributed by atoms with Crippen LogP contribution in [0.15, 0.2) is 221 Å². The smallest absolute Gasteiger partial charge is 0.222 e. The number of hydrogen-bond acceptors (Lipinski definition) is 25. The molecule has 128 heavy (non-hydrogen) atoms. The van der Waals surface area contributed by atoms with Crippen LogP contribution in [0.5, 0.6) is 0 Å². The molecule has 3 saturated heterocycles. The predicted molar refractivity (Wildman–Crippen MR) is 491 cm³/mol. The van der Waals surface area contributed by atoms with Crippen molar-refractivity contribution in [3.8, 4) is 135 Å². The van der Waals surface area contributed by atoms with E-state index in [4.69, 9.17) is 24.7 Å². The van der Waals surface area contributed by atoms with Gasteiger partial charge < -0.3 is 46.3 Å². The Hall–Kier alpha value is -15.4. The number of hydrogen-bond donors (Lipinski definition) is 6. The summed E-state index contributed by atoms with van der Waals surface area (Å²) in [4.78, 5) is 74.8. The topological polar surface area (TPSA) is 382 Å². The van der Waals surface area contributed by atoms with Gasteiger partial charge >= 0.3 is 0 Å². The molecule has 0 bridgehead atoms. The first kappa shape index (κ1) is 86.1. The number of aryl methyl sites for hydroxylation is 8. The molecule has 2 atom stereocenters. The van der Waals surface area contributed by atoms with Crippen LogP contribution in [0.3, 0.4) is 0 Å². The summed E-state index contributed by atoms with van der Waals surface area (Å²) >= 11 is 0. The van der Waals surface area contributed by atoms with E-state index >= 15 is 0 Å². The van der Waals surface area contributed by atoms with E-state index in [1.807, 2.05) is 227 Å². The summed E-state index contributed by atoms with van der Waals surface area (Å²) in [5.74, 6) is 6.01. The lowest BCUT2D eigenvalue weighted by Crippen LogP contribution is -2.42. The van der Waals surface area contributed by atoms with E-state index in [2.05, 4.69) is 129 Å². The van der Waals surface area contributed by atoms with Crippen LogP contribution in [0.25, 0.3) is 135 Å². The van der Waals surface area contributed by atoms with Crippen molar-refractivity contribution in [3.63, 3.8) is 0 Å². The zero-order valence-electron chi connectivity index (χ0n) is 72.9. The predicted octanol–water partition coefficient (Wildman–Crippen LogP) is 11.7. The molecule has 3 fully saturated rings. The molecule has 0 radical (unpaired) electrons. The van der Waals surface area contributed by atoms with Crippen molar-refractivity contribution >= 4 is 40.9 Å². The Morgan fingerprint density at radius 2 is 0.766 bits per heavy atom. The van der Waals surface area contributed by atoms with Crippen LogP contribution in [-0.2, 0) is 75.5 Å². The van der Waals surface area contributed by atoms with Gasteiger partial charge in [0.15, 0.2) is 23.3 Å². The Balaban J connectivity index is 0.000000125. The number of likely N-dealkylation sites (tertiary alicyclic amines) is 1. The Morgan fingerprint density at radius 3 is 1.09 bits per heavy atom. The SMILES string of the molecule is CC(=O)CCCNc1nc(-c2cccc(-c3cnn(C)c3)c2)ncc1-c1cnn(C)c1.Cn1cc(-c2cccc(-c3ncc(-c4cnn(C)c4)c(NCC4CNCCO4)n3)c2)cn1.Cn1cc(-c2cccc(-c3ncc(-c4cnn(C)c4)c(NCCN4CCCC4=O)n3)c2)cn1.Cn1cc(-c2cccc(-c3ncc(-c4cnn(C)c4)c(N[C@H]4CCC(=O)NC4)n3)c2)cn1. The Labute approximate surface area is 739 Å². The Bertz CT molecular complexity index is 6520. The van der Waals surface area contributed by atoms with E-state index in [0.29, 0.717) is 75.3 Å². The molecule has 3 aliphatic rings. The van der Waals surface area contributed by atoms with E-state index in [-0.39, 0.29) is 29.7 Å². The minimum atomic E-state index is 0.0890. The fourth-order valence-electron chi connectivity index (χ4n) is 15.1. The van der Waals surface area contributed by atoms with Crippen LogP contribution < -0.4 is 31.9 Å². The molecule has 652 valence electrons. The van der Waals surface area contributed by atoms with Gasteiger partial charge in [-0.05, 0) is 72.7 Å². The zero-order chi connectivity index (χ0) is 88.6. The normalized spacial score (nSPS) is 14.2. The lowest BCUT2D eigenvalue weighted by molar-refractivity contribution is -0.127. The summed E-state index contributed by atoms with van der Waals surface area (Å²) in [5.41, 5.74) is 19.5. The van der Waals surface area contributed by atoms with Crippen LogP contribution in [0, 0.1) is 0 Å². The second kappa shape index (κ2) is 40.1. The maximum atomic E-state index is 12.0. The highest BCUT2D eigenvalue weighted by molar-refractivity contribution is 5.83. The van der Waals surface area contributed by atoms with Gasteiger partial charge in [0, 0.05) is 297 Å². The van der Waals surface area contributed by atoms with Crippen molar-refractivity contribution < 1.29 is 19.1 Å². The highest BCUT2D eigenvalue weighted by atomic mass is 16.5. The lowest BCUT2D eigenvalue weighted by Gasteiger charge is -2.25. The third-order valence-corrected chi connectivity index (χ3v) is 21.8. The van der Waals surface area contributed by atoms with Gasteiger partial charge in [0.05, 0.1) is 62.3 Å². The number of benzene rings is 4. The fraction of sp³-hybridized carbons (Fsp3) is 0.280. The van der Waals surface area contributed by atoms with Gasteiger partial charge in [-0.3, -0.25) is 47.0 Å². The van der Waals surface area contributed by atoms with Gasteiger partial charge in [0.1, 0.15) is 29.1 Å².